The molecule has 5 rings (SSSR count). The summed E-state index contributed by atoms with van der Waals surface area (Å²) in [6.07, 6.45) is 2.69. The molecule has 3 aromatic rings. The maximum Gasteiger partial charge on any atom is 0.414 e. The van der Waals surface area contributed by atoms with Gasteiger partial charge in [-0.2, -0.15) is 0 Å². The molecule has 1 fully saturated rings. The molecule has 1 atom stereocenters. The monoisotopic (exact) mass is 451 g/mol. The van der Waals surface area contributed by atoms with Crippen LogP contribution >= 0.6 is 0 Å². The lowest BCUT2D eigenvalue weighted by Crippen LogP contribution is -2.26. The highest BCUT2D eigenvalue weighted by Gasteiger charge is 2.33. The highest BCUT2D eigenvalue weighted by atomic mass is 16.6. The summed E-state index contributed by atoms with van der Waals surface area (Å²) in [5, 5.41) is 0. The number of anilines is 1. The van der Waals surface area contributed by atoms with Crippen molar-refractivity contribution in [3.05, 3.63) is 48.2 Å². The minimum Gasteiger partial charge on any atom is -0.486 e. The zero-order valence-corrected chi connectivity index (χ0v) is 18.4. The first-order chi connectivity index (χ1) is 16.2. The average molecular weight is 451 g/mol. The molecule has 4 heterocycles. The molecule has 2 aromatic heterocycles. The van der Waals surface area contributed by atoms with E-state index in [0.29, 0.717) is 50.4 Å². The summed E-state index contributed by atoms with van der Waals surface area (Å²) in [4.78, 5) is 22.8. The highest BCUT2D eigenvalue weighted by Crippen LogP contribution is 2.35. The van der Waals surface area contributed by atoms with E-state index in [-0.39, 0.29) is 12.2 Å². The van der Waals surface area contributed by atoms with Crippen LogP contribution in [0, 0.1) is 0 Å². The van der Waals surface area contributed by atoms with Gasteiger partial charge >= 0.3 is 6.09 Å². The second-order valence-electron chi connectivity index (χ2n) is 7.81. The molecule has 33 heavy (non-hydrogen) atoms. The maximum atomic E-state index is 12.4. The van der Waals surface area contributed by atoms with Gasteiger partial charge in [-0.05, 0) is 42.7 Å². The van der Waals surface area contributed by atoms with E-state index in [4.69, 9.17) is 23.7 Å². The third kappa shape index (κ3) is 4.63. The molecule has 0 N–H and O–H groups in total. The molecule has 1 saturated heterocycles. The fourth-order valence-corrected chi connectivity index (χ4v) is 3.97. The number of fused-ring (bicyclic) bond motifs is 2. The van der Waals surface area contributed by atoms with Gasteiger partial charge < -0.3 is 23.7 Å². The van der Waals surface area contributed by atoms with Crippen LogP contribution in [-0.2, 0) is 15.9 Å². The Morgan fingerprint density at radius 3 is 2.88 bits per heavy atom. The standard InChI is InChI=1S/C24H25N3O6/c1-29-22-7-5-19-23(26-22)16(8-9-25-19)3-2-10-30-15-18-14-27(24(28)33-18)17-4-6-20-21(13-17)32-12-11-31-20/h4-9,13,18H,2-3,10-12,14-15H2,1H3. The van der Waals surface area contributed by atoms with Crippen LogP contribution in [0.5, 0.6) is 17.4 Å². The van der Waals surface area contributed by atoms with Gasteiger partial charge in [0.25, 0.3) is 0 Å². The zero-order chi connectivity index (χ0) is 22.6. The summed E-state index contributed by atoms with van der Waals surface area (Å²) in [5.74, 6) is 1.90. The first kappa shape index (κ1) is 21.3. The Balaban J connectivity index is 1.11. The number of carbonyl (C=O) groups is 1. The molecule has 1 amide bonds. The number of cyclic esters (lactones) is 1. The van der Waals surface area contributed by atoms with E-state index >= 15 is 0 Å². The third-order valence-corrected chi connectivity index (χ3v) is 5.60. The van der Waals surface area contributed by atoms with Gasteiger partial charge in [0.1, 0.15) is 19.3 Å². The molecule has 172 valence electrons. The van der Waals surface area contributed by atoms with E-state index in [1.807, 2.05) is 24.3 Å². The van der Waals surface area contributed by atoms with Crippen LogP contribution in [0.1, 0.15) is 12.0 Å². The van der Waals surface area contributed by atoms with Gasteiger partial charge in [-0.3, -0.25) is 9.88 Å². The molecule has 1 aromatic carbocycles. The number of amides is 1. The molecule has 1 unspecified atom stereocenters. The summed E-state index contributed by atoms with van der Waals surface area (Å²) in [6.45, 7) is 2.34. The Labute approximate surface area is 191 Å². The molecule has 0 saturated carbocycles. The van der Waals surface area contributed by atoms with Crippen molar-refractivity contribution in [2.75, 3.05) is 45.0 Å². The average Bonchev–Trinajstić information content (AvgIpc) is 3.23. The van der Waals surface area contributed by atoms with Gasteiger partial charge in [-0.25, -0.2) is 9.78 Å². The third-order valence-electron chi connectivity index (χ3n) is 5.60. The van der Waals surface area contributed by atoms with E-state index in [9.17, 15) is 4.79 Å². The van der Waals surface area contributed by atoms with Crippen molar-refractivity contribution >= 4 is 22.8 Å². The number of benzene rings is 1. The Kier molecular flexibility index (Phi) is 6.12. The number of methoxy groups -OCH3 is 1. The summed E-state index contributed by atoms with van der Waals surface area (Å²) in [5.41, 5.74) is 3.50. The van der Waals surface area contributed by atoms with E-state index in [1.54, 1.807) is 30.3 Å². The predicted octanol–water partition coefficient (Wildman–Crippen LogP) is 3.38. The van der Waals surface area contributed by atoms with Gasteiger partial charge in [0.05, 0.1) is 37.0 Å². The Hall–Kier alpha value is -3.59. The number of hydrogen-bond acceptors (Lipinski definition) is 8. The largest absolute Gasteiger partial charge is 0.486 e. The summed E-state index contributed by atoms with van der Waals surface area (Å²) in [7, 11) is 1.60. The van der Waals surface area contributed by atoms with Gasteiger partial charge in [-0.1, -0.05) is 0 Å². The van der Waals surface area contributed by atoms with E-state index in [0.717, 1.165) is 35.1 Å². The number of aromatic nitrogens is 2. The van der Waals surface area contributed by atoms with Crippen LogP contribution < -0.4 is 19.1 Å². The van der Waals surface area contributed by atoms with Crippen LogP contribution in [0.4, 0.5) is 10.5 Å². The Morgan fingerprint density at radius 2 is 2.00 bits per heavy atom. The van der Waals surface area contributed by atoms with Crippen LogP contribution in [0.25, 0.3) is 11.0 Å². The van der Waals surface area contributed by atoms with Crippen molar-refractivity contribution in [3.63, 3.8) is 0 Å². The van der Waals surface area contributed by atoms with E-state index in [2.05, 4.69) is 9.97 Å². The van der Waals surface area contributed by atoms with Crippen LogP contribution in [-0.4, -0.2) is 62.2 Å². The topological polar surface area (TPSA) is 92.2 Å². The number of aryl methyl sites for hydroxylation is 1. The molecule has 0 radical (unpaired) electrons. The molecular formula is C24H25N3O6. The Bertz CT molecular complexity index is 1150. The molecule has 2 aliphatic rings. The lowest BCUT2D eigenvalue weighted by atomic mass is 10.1. The van der Waals surface area contributed by atoms with Crippen molar-refractivity contribution in [2.24, 2.45) is 0 Å². The number of rotatable bonds is 8. The summed E-state index contributed by atoms with van der Waals surface area (Å²) < 4.78 is 27.7. The molecular weight excluding hydrogens is 426 g/mol. The lowest BCUT2D eigenvalue weighted by Gasteiger charge is -2.21. The van der Waals surface area contributed by atoms with Crippen molar-refractivity contribution in [1.82, 2.24) is 9.97 Å². The van der Waals surface area contributed by atoms with Crippen LogP contribution in [0.15, 0.2) is 42.6 Å². The maximum absolute atomic E-state index is 12.4. The normalized spacial score (nSPS) is 17.3. The molecule has 9 heteroatoms. The van der Waals surface area contributed by atoms with Gasteiger partial charge in [0.15, 0.2) is 11.5 Å². The first-order valence-corrected chi connectivity index (χ1v) is 11.0. The van der Waals surface area contributed by atoms with Crippen LogP contribution in [0.2, 0.25) is 0 Å². The van der Waals surface area contributed by atoms with Crippen molar-refractivity contribution in [3.8, 4) is 17.4 Å². The fourth-order valence-electron chi connectivity index (χ4n) is 3.97. The van der Waals surface area contributed by atoms with Gasteiger partial charge in [-0.15, -0.1) is 0 Å². The lowest BCUT2D eigenvalue weighted by molar-refractivity contribution is 0.0451. The second kappa shape index (κ2) is 9.50. The van der Waals surface area contributed by atoms with E-state index < -0.39 is 0 Å². The number of hydrogen-bond donors (Lipinski definition) is 0. The van der Waals surface area contributed by atoms with Crippen molar-refractivity contribution in [1.29, 1.82) is 0 Å². The predicted molar refractivity (Wildman–Crippen MR) is 120 cm³/mol. The van der Waals surface area contributed by atoms with Gasteiger partial charge in [0, 0.05) is 24.9 Å². The van der Waals surface area contributed by atoms with Crippen LogP contribution in [0.3, 0.4) is 0 Å². The molecule has 0 aliphatic carbocycles. The molecule has 9 nitrogen and oxygen atoms in total. The van der Waals surface area contributed by atoms with Crippen molar-refractivity contribution in [2.45, 2.75) is 18.9 Å². The smallest absolute Gasteiger partial charge is 0.414 e. The quantitative estimate of drug-likeness (QED) is 0.482. The molecule has 0 spiro atoms. The summed E-state index contributed by atoms with van der Waals surface area (Å²) in [6, 6.07) is 11.1. The minimum atomic E-state index is -0.386. The zero-order valence-electron chi connectivity index (χ0n) is 18.4. The second-order valence-corrected chi connectivity index (χ2v) is 7.81. The Morgan fingerprint density at radius 1 is 1.12 bits per heavy atom. The molecule has 0 bridgehead atoms. The highest BCUT2D eigenvalue weighted by molar-refractivity contribution is 5.90. The van der Waals surface area contributed by atoms with Crippen molar-refractivity contribution < 1.29 is 28.5 Å². The fraction of sp³-hybridized carbons (Fsp3) is 0.375. The number of nitrogens with zero attached hydrogens (tertiary/aromatic N) is 3. The van der Waals surface area contributed by atoms with Gasteiger partial charge in [0.2, 0.25) is 5.88 Å². The number of carbonyl (C=O) groups excluding carboxylic acids is 1. The SMILES string of the molecule is COc1ccc2nccc(CCCOCC3CN(c4ccc5c(c4)OCCO5)C(=O)O3)c2n1. The molecule has 2 aliphatic heterocycles. The minimum absolute atomic E-state index is 0.321. The van der Waals surface area contributed by atoms with E-state index in [1.165, 1.54) is 0 Å². The number of pyridine rings is 2. The number of ether oxygens (including phenoxy) is 5. The first-order valence-electron chi connectivity index (χ1n) is 11.0. The summed E-state index contributed by atoms with van der Waals surface area (Å²) >= 11 is 0.